The fraction of sp³-hybridized carbons (Fsp3) is 0.556. The average Bonchev–Trinajstić information content (AvgIpc) is 2.73. The molecule has 1 fully saturated rings. The predicted molar refractivity (Wildman–Crippen MR) is 56.2 cm³/mol. The molecule has 3 heterocycles. The van der Waals surface area contributed by atoms with Crippen molar-refractivity contribution in [2.24, 2.45) is 0 Å². The van der Waals surface area contributed by atoms with Crippen LogP contribution in [-0.4, -0.2) is 41.4 Å². The molecule has 1 aromatic heterocycles. The van der Waals surface area contributed by atoms with E-state index >= 15 is 0 Å². The van der Waals surface area contributed by atoms with Crippen molar-refractivity contribution >= 4 is 17.4 Å². The van der Waals surface area contributed by atoms with E-state index in [2.05, 4.69) is 15.7 Å². The maximum absolute atomic E-state index is 12.6. The number of hydrogen-bond acceptors (Lipinski definition) is 4. The lowest BCUT2D eigenvalue weighted by Gasteiger charge is -2.38. The first-order valence-corrected chi connectivity index (χ1v) is 5.42. The largest absolute Gasteiger partial charge is 0.504 e. The van der Waals surface area contributed by atoms with Crippen LogP contribution >= 0.6 is 0 Å². The zero-order valence-electron chi connectivity index (χ0n) is 9.16. The average molecular weight is 261 g/mol. The van der Waals surface area contributed by atoms with Crippen molar-refractivity contribution in [1.82, 2.24) is 15.1 Å². The van der Waals surface area contributed by atoms with Gasteiger partial charge in [-0.05, 0) is 0 Å². The van der Waals surface area contributed by atoms with E-state index in [1.807, 2.05) is 0 Å². The lowest BCUT2D eigenvalue weighted by Crippen LogP contribution is -2.58. The van der Waals surface area contributed by atoms with Crippen LogP contribution in [0.5, 0.6) is 0 Å². The molecule has 2 aliphatic heterocycles. The first-order valence-electron chi connectivity index (χ1n) is 5.42. The Hall–Kier alpha value is -1.77. The van der Waals surface area contributed by atoms with Gasteiger partial charge >= 0.3 is 6.30 Å². The second-order valence-electron chi connectivity index (χ2n) is 4.18. The summed E-state index contributed by atoms with van der Waals surface area (Å²) in [6, 6.07) is -0.497. The monoisotopic (exact) mass is 261 g/mol. The van der Waals surface area contributed by atoms with Crippen LogP contribution in [0.3, 0.4) is 0 Å². The number of aromatic nitrogens is 2. The molecule has 2 aliphatic rings. The molecule has 0 aliphatic carbocycles. The van der Waals surface area contributed by atoms with Gasteiger partial charge in [0.1, 0.15) is 11.7 Å². The van der Waals surface area contributed by atoms with Gasteiger partial charge in [0.2, 0.25) is 5.91 Å². The van der Waals surface area contributed by atoms with Gasteiger partial charge in [-0.15, -0.1) is 18.3 Å². The Morgan fingerprint density at radius 3 is 2.94 bits per heavy atom. The number of fused-ring (bicyclic) bond motifs is 3. The molecule has 98 valence electrons. The van der Waals surface area contributed by atoms with Gasteiger partial charge < -0.3 is 15.5 Å². The third-order valence-electron chi connectivity index (χ3n) is 3.03. The maximum Gasteiger partial charge on any atom is 0.504 e. The zero-order chi connectivity index (χ0) is 12.9. The van der Waals surface area contributed by atoms with E-state index in [1.54, 1.807) is 4.90 Å². The Kier molecular flexibility index (Phi) is 2.27. The molecular formula is C9H10F3N5O. The SMILES string of the molecule is O=C1Nc2cn(C(F)(F)F)nc2N2CCNCC12. The summed E-state index contributed by atoms with van der Waals surface area (Å²) in [6.45, 7) is 1.48. The van der Waals surface area contributed by atoms with Gasteiger partial charge in [-0.3, -0.25) is 4.79 Å². The van der Waals surface area contributed by atoms with Crippen LogP contribution in [0.15, 0.2) is 6.20 Å². The lowest BCUT2D eigenvalue weighted by atomic mass is 10.1. The highest BCUT2D eigenvalue weighted by molar-refractivity contribution is 6.03. The molecule has 1 atom stereocenters. The number of nitrogens with zero attached hydrogens (tertiary/aromatic N) is 3. The van der Waals surface area contributed by atoms with Crippen molar-refractivity contribution in [2.75, 3.05) is 29.9 Å². The van der Waals surface area contributed by atoms with Gasteiger partial charge in [0, 0.05) is 19.6 Å². The van der Waals surface area contributed by atoms with Crippen LogP contribution in [0.25, 0.3) is 0 Å². The predicted octanol–water partition coefficient (Wildman–Crippen LogP) is 0.0897. The standard InChI is InChI=1S/C9H10F3N5O/c10-9(11,12)17-4-5-7(15-17)16-2-1-13-3-6(16)8(18)14-5/h4,6,13H,1-3H2,(H,14,18). The number of carbonyl (C=O) groups is 1. The number of amides is 1. The number of alkyl halides is 3. The fourth-order valence-corrected chi connectivity index (χ4v) is 2.20. The number of hydrogen-bond donors (Lipinski definition) is 2. The van der Waals surface area contributed by atoms with Crippen LogP contribution in [0.4, 0.5) is 24.7 Å². The highest BCUT2D eigenvalue weighted by Gasteiger charge is 2.40. The molecule has 9 heteroatoms. The molecule has 0 bridgehead atoms. The number of rotatable bonds is 0. The lowest BCUT2D eigenvalue weighted by molar-refractivity contribution is -0.212. The molecule has 1 amide bonds. The van der Waals surface area contributed by atoms with Crippen molar-refractivity contribution < 1.29 is 18.0 Å². The zero-order valence-corrected chi connectivity index (χ0v) is 9.16. The Bertz CT molecular complexity index is 497. The molecule has 1 aromatic rings. The Morgan fingerprint density at radius 1 is 1.44 bits per heavy atom. The minimum Gasteiger partial charge on any atom is -0.339 e. The topological polar surface area (TPSA) is 62.2 Å². The van der Waals surface area contributed by atoms with E-state index < -0.39 is 12.3 Å². The van der Waals surface area contributed by atoms with E-state index in [1.165, 1.54) is 0 Å². The first kappa shape index (κ1) is 11.3. The summed E-state index contributed by atoms with van der Waals surface area (Å²) in [7, 11) is 0. The fourth-order valence-electron chi connectivity index (χ4n) is 2.20. The Balaban J connectivity index is 2.02. The molecule has 18 heavy (non-hydrogen) atoms. The van der Waals surface area contributed by atoms with Gasteiger partial charge in [0.25, 0.3) is 0 Å². The highest BCUT2D eigenvalue weighted by atomic mass is 19.4. The summed E-state index contributed by atoms with van der Waals surface area (Å²) in [6.07, 6.45) is -3.78. The highest BCUT2D eigenvalue weighted by Crippen LogP contribution is 2.34. The van der Waals surface area contributed by atoms with Crippen molar-refractivity contribution in [1.29, 1.82) is 0 Å². The maximum atomic E-state index is 12.6. The van der Waals surface area contributed by atoms with Crippen LogP contribution in [0, 0.1) is 0 Å². The molecule has 0 spiro atoms. The molecule has 1 saturated heterocycles. The third-order valence-corrected chi connectivity index (χ3v) is 3.03. The van der Waals surface area contributed by atoms with E-state index in [4.69, 9.17) is 0 Å². The summed E-state index contributed by atoms with van der Waals surface area (Å²) in [5.41, 5.74) is 0.107. The van der Waals surface area contributed by atoms with Crippen molar-refractivity contribution in [3.63, 3.8) is 0 Å². The summed E-state index contributed by atoms with van der Waals surface area (Å²) in [4.78, 5) is 13.3. The number of halogens is 3. The summed E-state index contributed by atoms with van der Waals surface area (Å²) < 4.78 is 37.6. The van der Waals surface area contributed by atoms with Gasteiger partial charge in [-0.1, -0.05) is 0 Å². The van der Waals surface area contributed by atoms with Crippen LogP contribution in [0.2, 0.25) is 0 Å². The quantitative estimate of drug-likeness (QED) is 0.695. The summed E-state index contributed by atoms with van der Waals surface area (Å²) in [5.74, 6) is -0.130. The minimum atomic E-state index is -4.58. The molecule has 0 aromatic carbocycles. The summed E-state index contributed by atoms with van der Waals surface area (Å²) >= 11 is 0. The number of carbonyl (C=O) groups excluding carboxylic acids is 1. The second-order valence-corrected chi connectivity index (χ2v) is 4.18. The van der Waals surface area contributed by atoms with Gasteiger partial charge in [0.15, 0.2) is 5.82 Å². The third kappa shape index (κ3) is 1.62. The minimum absolute atomic E-state index is 0.0810. The van der Waals surface area contributed by atoms with Crippen LogP contribution in [-0.2, 0) is 11.1 Å². The number of anilines is 2. The van der Waals surface area contributed by atoms with Gasteiger partial charge in [0.05, 0.1) is 6.20 Å². The van der Waals surface area contributed by atoms with Crippen molar-refractivity contribution in [2.45, 2.75) is 12.3 Å². The van der Waals surface area contributed by atoms with E-state index in [-0.39, 0.29) is 22.1 Å². The normalized spacial score (nSPS) is 23.4. The van der Waals surface area contributed by atoms with Crippen molar-refractivity contribution in [3.05, 3.63) is 6.20 Å². The van der Waals surface area contributed by atoms with Gasteiger partial charge in [-0.2, -0.15) is 4.68 Å². The number of piperazine rings is 1. The van der Waals surface area contributed by atoms with Crippen LogP contribution in [0.1, 0.15) is 0 Å². The van der Waals surface area contributed by atoms with E-state index in [0.717, 1.165) is 6.20 Å². The molecule has 0 radical (unpaired) electrons. The van der Waals surface area contributed by atoms with E-state index in [0.29, 0.717) is 19.6 Å². The molecule has 2 N–H and O–H groups in total. The molecule has 6 nitrogen and oxygen atoms in total. The Morgan fingerprint density at radius 2 is 2.22 bits per heavy atom. The summed E-state index contributed by atoms with van der Waals surface area (Å²) in [5, 5.41) is 8.99. The van der Waals surface area contributed by atoms with Crippen molar-refractivity contribution in [3.8, 4) is 0 Å². The Labute approximate surface area is 99.7 Å². The van der Waals surface area contributed by atoms with E-state index in [9.17, 15) is 18.0 Å². The molecule has 1 unspecified atom stereocenters. The number of nitrogens with one attached hydrogen (secondary N) is 2. The van der Waals surface area contributed by atoms with Crippen LogP contribution < -0.4 is 15.5 Å². The second kappa shape index (κ2) is 3.61. The smallest absolute Gasteiger partial charge is 0.339 e. The first-order chi connectivity index (χ1) is 8.47. The molecule has 3 rings (SSSR count). The molecule has 0 saturated carbocycles. The van der Waals surface area contributed by atoms with Gasteiger partial charge in [-0.25, -0.2) is 0 Å². The molecular weight excluding hydrogens is 251 g/mol.